The summed E-state index contributed by atoms with van der Waals surface area (Å²) >= 11 is 0.859. The number of nitro benzene ring substituents is 1. The van der Waals surface area contributed by atoms with Crippen LogP contribution in [0.15, 0.2) is 73.6 Å². The second-order valence-corrected chi connectivity index (χ2v) is 7.20. The van der Waals surface area contributed by atoms with Crippen LogP contribution in [0.4, 0.5) is 5.69 Å². The van der Waals surface area contributed by atoms with E-state index in [-0.39, 0.29) is 27.3 Å². The number of carboxylic acid groups (broad SMARTS) is 1. The third kappa shape index (κ3) is 4.28. The zero-order chi connectivity index (χ0) is 22.0. The lowest BCUT2D eigenvalue weighted by atomic mass is 10.1. The van der Waals surface area contributed by atoms with E-state index in [0.717, 1.165) is 11.8 Å². The normalized spacial score (nSPS) is 11.6. The van der Waals surface area contributed by atoms with Crippen molar-refractivity contribution in [3.63, 3.8) is 0 Å². The number of furan rings is 1. The molecular formula is C21H14N2O7S. The molecular weight excluding hydrogens is 424 g/mol. The first-order valence-corrected chi connectivity index (χ1v) is 9.67. The zero-order valence-electron chi connectivity index (χ0n) is 16.0. The highest BCUT2D eigenvalue weighted by Crippen LogP contribution is 2.36. The molecule has 1 N–H and O–H groups in total. The van der Waals surface area contributed by atoms with Gasteiger partial charge in [0.15, 0.2) is 5.58 Å². The maximum absolute atomic E-state index is 11.7. The summed E-state index contributed by atoms with van der Waals surface area (Å²) in [5, 5.41) is 20.7. The van der Waals surface area contributed by atoms with Crippen LogP contribution in [0.3, 0.4) is 0 Å². The summed E-state index contributed by atoms with van der Waals surface area (Å²) in [5.74, 6) is -0.262. The molecule has 0 radical (unpaired) electrons. The standard InChI is InChI=1S/C21H14N2O7S/c1-28-18-10-12(23(26)27)6-8-14(18)16-9-7-13(29-16)11-19(20(24)25)31-21-22-15-4-2-3-5-17(15)30-21/h2-11H,1H3,(H,24,25)/b19-11-. The van der Waals surface area contributed by atoms with Crippen molar-refractivity contribution in [2.24, 2.45) is 0 Å². The lowest BCUT2D eigenvalue weighted by Gasteiger charge is -2.05. The Balaban J connectivity index is 1.63. The van der Waals surface area contributed by atoms with E-state index in [0.29, 0.717) is 22.4 Å². The van der Waals surface area contributed by atoms with Crippen LogP contribution in [0.25, 0.3) is 28.5 Å². The number of rotatable bonds is 7. The van der Waals surface area contributed by atoms with Crippen molar-refractivity contribution in [3.05, 3.63) is 75.4 Å². The lowest BCUT2D eigenvalue weighted by Crippen LogP contribution is -1.96. The largest absolute Gasteiger partial charge is 0.496 e. The topological polar surface area (TPSA) is 129 Å². The minimum atomic E-state index is -1.17. The van der Waals surface area contributed by atoms with Gasteiger partial charge in [-0.3, -0.25) is 10.1 Å². The van der Waals surface area contributed by atoms with Gasteiger partial charge >= 0.3 is 5.97 Å². The molecule has 2 aromatic carbocycles. The molecule has 2 heterocycles. The van der Waals surface area contributed by atoms with E-state index in [9.17, 15) is 20.0 Å². The van der Waals surface area contributed by atoms with Gasteiger partial charge in [-0.05, 0) is 42.1 Å². The Bertz CT molecular complexity index is 1290. The molecule has 0 amide bonds. The average molecular weight is 438 g/mol. The highest BCUT2D eigenvalue weighted by atomic mass is 32.2. The van der Waals surface area contributed by atoms with Crippen molar-refractivity contribution in [2.75, 3.05) is 7.11 Å². The molecule has 0 saturated heterocycles. The summed E-state index contributed by atoms with van der Waals surface area (Å²) in [4.78, 5) is 26.4. The molecule has 0 aliphatic rings. The van der Waals surface area contributed by atoms with Crippen molar-refractivity contribution < 1.29 is 28.4 Å². The SMILES string of the molecule is COc1cc([N+](=O)[O-])ccc1-c1ccc(/C=C(\Sc2nc3ccccc3o2)C(=O)O)o1. The van der Waals surface area contributed by atoms with Crippen molar-refractivity contribution in [1.82, 2.24) is 4.98 Å². The number of carbonyl (C=O) groups is 1. The minimum absolute atomic E-state index is 0.0527. The number of aromatic nitrogens is 1. The minimum Gasteiger partial charge on any atom is -0.496 e. The Morgan fingerprint density at radius 1 is 1.19 bits per heavy atom. The van der Waals surface area contributed by atoms with Crippen molar-refractivity contribution in [3.8, 4) is 17.1 Å². The summed E-state index contributed by atoms with van der Waals surface area (Å²) in [6.45, 7) is 0. The van der Waals surface area contributed by atoms with E-state index in [1.807, 2.05) is 6.07 Å². The number of fused-ring (bicyclic) bond motifs is 1. The highest BCUT2D eigenvalue weighted by Gasteiger charge is 2.18. The van der Waals surface area contributed by atoms with Gasteiger partial charge in [-0.15, -0.1) is 0 Å². The summed E-state index contributed by atoms with van der Waals surface area (Å²) in [6, 6.07) is 14.5. The van der Waals surface area contributed by atoms with Crippen LogP contribution in [0.5, 0.6) is 5.75 Å². The second kappa shape index (κ2) is 8.36. The van der Waals surface area contributed by atoms with Gasteiger partial charge in [0.05, 0.1) is 23.7 Å². The van der Waals surface area contributed by atoms with E-state index in [2.05, 4.69) is 4.98 Å². The number of oxazole rings is 1. The number of nitro groups is 1. The molecule has 0 unspecified atom stereocenters. The van der Waals surface area contributed by atoms with Crippen LogP contribution in [-0.2, 0) is 4.79 Å². The van der Waals surface area contributed by atoms with E-state index in [1.54, 1.807) is 30.3 Å². The molecule has 0 saturated carbocycles. The molecule has 0 spiro atoms. The number of para-hydroxylation sites is 2. The molecule has 0 atom stereocenters. The molecule has 0 aliphatic carbocycles. The van der Waals surface area contributed by atoms with Crippen LogP contribution >= 0.6 is 11.8 Å². The van der Waals surface area contributed by atoms with Gasteiger partial charge in [-0.1, -0.05) is 12.1 Å². The van der Waals surface area contributed by atoms with Gasteiger partial charge < -0.3 is 18.7 Å². The first-order chi connectivity index (χ1) is 14.9. The molecule has 0 aliphatic heterocycles. The molecule has 0 bridgehead atoms. The van der Waals surface area contributed by atoms with E-state index in [4.69, 9.17) is 13.6 Å². The summed E-state index contributed by atoms with van der Waals surface area (Å²) in [7, 11) is 1.39. The van der Waals surface area contributed by atoms with Crippen LogP contribution in [0.2, 0.25) is 0 Å². The zero-order valence-corrected chi connectivity index (χ0v) is 16.8. The number of nitrogens with zero attached hydrogens (tertiary/aromatic N) is 2. The molecule has 2 aromatic heterocycles. The van der Waals surface area contributed by atoms with E-state index >= 15 is 0 Å². The second-order valence-electron chi connectivity index (χ2n) is 6.21. The lowest BCUT2D eigenvalue weighted by molar-refractivity contribution is -0.384. The summed E-state index contributed by atoms with van der Waals surface area (Å²) < 4.78 is 16.5. The third-order valence-corrected chi connectivity index (χ3v) is 5.11. The molecule has 4 aromatic rings. The number of hydrogen-bond donors (Lipinski definition) is 1. The maximum Gasteiger partial charge on any atom is 0.342 e. The maximum atomic E-state index is 11.7. The van der Waals surface area contributed by atoms with Crippen molar-refractivity contribution in [1.29, 1.82) is 0 Å². The molecule has 4 rings (SSSR count). The quantitative estimate of drug-likeness (QED) is 0.179. The van der Waals surface area contributed by atoms with Crippen molar-refractivity contribution in [2.45, 2.75) is 5.22 Å². The Morgan fingerprint density at radius 3 is 2.71 bits per heavy atom. The predicted octanol–water partition coefficient (Wildman–Crippen LogP) is 5.22. The monoisotopic (exact) mass is 438 g/mol. The van der Waals surface area contributed by atoms with Gasteiger partial charge in [0.1, 0.15) is 27.7 Å². The third-order valence-electron chi connectivity index (χ3n) is 4.24. The number of hydrogen-bond acceptors (Lipinski definition) is 8. The Morgan fingerprint density at radius 2 is 2.00 bits per heavy atom. The summed E-state index contributed by atoms with van der Waals surface area (Å²) in [5.41, 5.74) is 1.56. The van der Waals surface area contributed by atoms with Crippen LogP contribution < -0.4 is 4.74 Å². The number of carboxylic acids is 1. The number of benzene rings is 2. The first kappa shape index (κ1) is 20.2. The van der Waals surface area contributed by atoms with E-state index < -0.39 is 10.9 Å². The fourth-order valence-electron chi connectivity index (χ4n) is 2.83. The van der Waals surface area contributed by atoms with E-state index in [1.165, 1.54) is 31.4 Å². The Hall–Kier alpha value is -4.05. The fraction of sp³-hybridized carbons (Fsp3) is 0.0476. The highest BCUT2D eigenvalue weighted by molar-refractivity contribution is 8.03. The summed E-state index contributed by atoms with van der Waals surface area (Å²) in [6.07, 6.45) is 1.35. The van der Waals surface area contributed by atoms with Crippen LogP contribution in [-0.4, -0.2) is 28.1 Å². The van der Waals surface area contributed by atoms with Crippen LogP contribution in [0.1, 0.15) is 5.76 Å². The van der Waals surface area contributed by atoms with Crippen LogP contribution in [0, 0.1) is 10.1 Å². The average Bonchev–Trinajstić information content (AvgIpc) is 3.39. The number of non-ortho nitro benzene ring substituents is 1. The van der Waals surface area contributed by atoms with Gasteiger partial charge in [-0.2, -0.15) is 0 Å². The predicted molar refractivity (Wildman–Crippen MR) is 113 cm³/mol. The van der Waals surface area contributed by atoms with Gasteiger partial charge in [0.2, 0.25) is 0 Å². The van der Waals surface area contributed by atoms with Gasteiger partial charge in [0.25, 0.3) is 10.9 Å². The van der Waals surface area contributed by atoms with Crippen molar-refractivity contribution >= 4 is 40.6 Å². The Kier molecular flexibility index (Phi) is 5.46. The fourth-order valence-corrected chi connectivity index (χ4v) is 3.55. The number of ether oxygens (including phenoxy) is 1. The number of thioether (sulfide) groups is 1. The Labute approximate surface area is 179 Å². The first-order valence-electron chi connectivity index (χ1n) is 8.85. The molecule has 10 heteroatoms. The molecule has 0 fully saturated rings. The number of methoxy groups -OCH3 is 1. The van der Waals surface area contributed by atoms with Gasteiger partial charge in [-0.25, -0.2) is 9.78 Å². The van der Waals surface area contributed by atoms with Gasteiger partial charge in [0, 0.05) is 12.1 Å². The molecule has 31 heavy (non-hydrogen) atoms. The smallest absolute Gasteiger partial charge is 0.342 e. The molecule has 9 nitrogen and oxygen atoms in total. The number of aliphatic carboxylic acids is 1. The molecule has 156 valence electrons.